The van der Waals surface area contributed by atoms with E-state index in [0.717, 1.165) is 11.1 Å². The minimum absolute atomic E-state index is 0.00210. The molecule has 196 valence electrons. The number of urea groups is 1. The Morgan fingerprint density at radius 1 is 0.579 bits per heavy atom. The van der Waals surface area contributed by atoms with Gasteiger partial charge in [-0.3, -0.25) is 0 Å². The highest BCUT2D eigenvalue weighted by Gasteiger charge is 2.18. The second-order valence-electron chi connectivity index (χ2n) is 8.27. The fourth-order valence-corrected chi connectivity index (χ4v) is 5.30. The van der Waals surface area contributed by atoms with E-state index in [0.29, 0.717) is 0 Å². The maximum absolute atomic E-state index is 12.7. The van der Waals surface area contributed by atoms with Gasteiger partial charge >= 0.3 is 26.3 Å². The van der Waals surface area contributed by atoms with Gasteiger partial charge in [0, 0.05) is 23.5 Å². The molecule has 0 aromatic heterocycles. The summed E-state index contributed by atoms with van der Waals surface area (Å²) < 4.78 is 60.7. The smallest absolute Gasteiger partial charge is 0.339 e. The van der Waals surface area contributed by atoms with Gasteiger partial charge in [-0.25, -0.2) is 4.79 Å². The number of amides is 2. The van der Waals surface area contributed by atoms with E-state index in [4.69, 9.17) is 8.37 Å². The summed E-state index contributed by atoms with van der Waals surface area (Å²) in [7, 11) is -8.12. The second kappa shape index (κ2) is 11.0. The molecule has 0 unspecified atom stereocenters. The van der Waals surface area contributed by atoms with Crippen LogP contribution >= 0.6 is 0 Å². The lowest BCUT2D eigenvalue weighted by Gasteiger charge is -2.12. The summed E-state index contributed by atoms with van der Waals surface area (Å²) in [6.45, 7) is 3.68. The van der Waals surface area contributed by atoms with Crippen LogP contribution in [0.4, 0.5) is 16.2 Å². The van der Waals surface area contributed by atoms with Crippen LogP contribution < -0.4 is 19.0 Å². The zero-order valence-electron chi connectivity index (χ0n) is 20.4. The molecule has 4 aromatic rings. The van der Waals surface area contributed by atoms with E-state index in [2.05, 4.69) is 10.6 Å². The minimum atomic E-state index is -4.08. The van der Waals surface area contributed by atoms with Gasteiger partial charge in [0.25, 0.3) is 0 Å². The summed E-state index contributed by atoms with van der Waals surface area (Å²) in [4.78, 5) is 12.6. The Morgan fingerprint density at radius 2 is 1.11 bits per heavy atom. The molecule has 0 aliphatic heterocycles. The highest BCUT2D eigenvalue weighted by Crippen LogP contribution is 2.25. The lowest BCUT2D eigenvalue weighted by Crippen LogP contribution is -2.19. The average molecular weight is 553 g/mol. The van der Waals surface area contributed by atoms with Crippen molar-refractivity contribution in [3.05, 3.63) is 108 Å². The molecule has 0 saturated carbocycles. The van der Waals surface area contributed by atoms with E-state index in [-0.39, 0.29) is 32.7 Å². The number of benzene rings is 4. The molecule has 0 saturated heterocycles. The SMILES string of the molecule is Cc1ccc(S(=O)(=O)Oc2cccc(NC(=O)Nc3cccc(OS(=O)(=O)c4ccccc4)c3)c2)cc1C. The molecular weight excluding hydrogens is 528 g/mol. The summed E-state index contributed by atoms with van der Waals surface area (Å²) in [5, 5.41) is 5.16. The number of carbonyl (C=O) groups is 1. The van der Waals surface area contributed by atoms with Crippen LogP contribution in [0.2, 0.25) is 0 Å². The normalized spacial score (nSPS) is 11.4. The predicted molar refractivity (Wildman–Crippen MR) is 144 cm³/mol. The molecule has 0 radical (unpaired) electrons. The molecule has 0 aliphatic rings. The van der Waals surface area contributed by atoms with Crippen molar-refractivity contribution < 1.29 is 30.0 Å². The molecule has 4 aromatic carbocycles. The monoisotopic (exact) mass is 552 g/mol. The Kier molecular flexibility index (Phi) is 7.70. The molecule has 0 heterocycles. The fraction of sp³-hybridized carbons (Fsp3) is 0.0741. The van der Waals surface area contributed by atoms with Gasteiger partial charge in [0.05, 0.1) is 0 Å². The van der Waals surface area contributed by atoms with Crippen molar-refractivity contribution in [2.45, 2.75) is 23.6 Å². The maximum atomic E-state index is 12.7. The van der Waals surface area contributed by atoms with Crippen molar-refractivity contribution in [1.29, 1.82) is 0 Å². The summed E-state index contributed by atoms with van der Waals surface area (Å²) in [5.41, 5.74) is 2.31. The summed E-state index contributed by atoms with van der Waals surface area (Å²) in [5.74, 6) is 0.0288. The second-order valence-corrected chi connectivity index (χ2v) is 11.4. The van der Waals surface area contributed by atoms with Crippen molar-refractivity contribution in [3.63, 3.8) is 0 Å². The van der Waals surface area contributed by atoms with Crippen LogP contribution in [0.15, 0.2) is 107 Å². The van der Waals surface area contributed by atoms with Crippen LogP contribution in [0.1, 0.15) is 11.1 Å². The topological polar surface area (TPSA) is 128 Å². The lowest BCUT2D eigenvalue weighted by atomic mass is 10.1. The van der Waals surface area contributed by atoms with E-state index in [1.165, 1.54) is 60.7 Å². The number of hydrogen-bond acceptors (Lipinski definition) is 7. The van der Waals surface area contributed by atoms with Crippen LogP contribution in [-0.2, 0) is 20.2 Å². The molecule has 11 heteroatoms. The van der Waals surface area contributed by atoms with E-state index >= 15 is 0 Å². The van der Waals surface area contributed by atoms with Crippen LogP contribution in [0.3, 0.4) is 0 Å². The Bertz CT molecular complexity index is 1690. The third kappa shape index (κ3) is 6.69. The third-order valence-corrected chi connectivity index (χ3v) is 7.90. The first-order valence-electron chi connectivity index (χ1n) is 11.3. The zero-order chi connectivity index (χ0) is 27.3. The van der Waals surface area contributed by atoms with Crippen LogP contribution in [0, 0.1) is 13.8 Å². The van der Waals surface area contributed by atoms with E-state index in [1.807, 2.05) is 13.8 Å². The standard InChI is InChI=1S/C27H24N2O7S2/c1-19-14-15-26(16-20(19)2)38(33,34)36-24-11-7-9-22(18-24)29-27(30)28-21-8-6-10-23(17-21)35-37(31,32)25-12-4-3-5-13-25/h3-18H,1-2H3,(H2,28,29,30). The van der Waals surface area contributed by atoms with Gasteiger partial charge in [-0.05, 0) is 73.5 Å². The van der Waals surface area contributed by atoms with Gasteiger partial charge < -0.3 is 19.0 Å². The molecule has 0 atom stereocenters. The third-order valence-electron chi connectivity index (χ3n) is 5.39. The fourth-order valence-electron chi connectivity index (χ4n) is 3.35. The van der Waals surface area contributed by atoms with Gasteiger partial charge in [-0.15, -0.1) is 0 Å². The minimum Gasteiger partial charge on any atom is -0.379 e. The van der Waals surface area contributed by atoms with Crippen molar-refractivity contribution in [3.8, 4) is 11.5 Å². The highest BCUT2D eigenvalue weighted by molar-refractivity contribution is 7.87. The number of aryl methyl sites for hydroxylation is 2. The van der Waals surface area contributed by atoms with Crippen LogP contribution in [-0.4, -0.2) is 22.9 Å². The van der Waals surface area contributed by atoms with Crippen LogP contribution in [0.25, 0.3) is 0 Å². The van der Waals surface area contributed by atoms with E-state index in [1.54, 1.807) is 36.4 Å². The van der Waals surface area contributed by atoms with Crippen molar-refractivity contribution >= 4 is 37.6 Å². The largest absolute Gasteiger partial charge is 0.379 e. The number of anilines is 2. The Labute approximate surface area is 221 Å². The van der Waals surface area contributed by atoms with Gasteiger partial charge in [-0.1, -0.05) is 36.4 Å². The average Bonchev–Trinajstić information content (AvgIpc) is 2.86. The highest BCUT2D eigenvalue weighted by atomic mass is 32.2. The maximum Gasteiger partial charge on any atom is 0.339 e. The number of hydrogen-bond donors (Lipinski definition) is 2. The number of carbonyl (C=O) groups excluding carboxylic acids is 1. The molecule has 0 aliphatic carbocycles. The summed E-state index contributed by atoms with van der Waals surface area (Å²) in [6, 6.07) is 23.5. The lowest BCUT2D eigenvalue weighted by molar-refractivity contribution is 0.262. The first-order chi connectivity index (χ1) is 18.0. The molecule has 2 amide bonds. The van der Waals surface area contributed by atoms with Gasteiger partial charge in [0.2, 0.25) is 0 Å². The molecule has 9 nitrogen and oxygen atoms in total. The van der Waals surface area contributed by atoms with Crippen molar-refractivity contribution in [2.75, 3.05) is 10.6 Å². The number of nitrogens with one attached hydrogen (secondary N) is 2. The van der Waals surface area contributed by atoms with Crippen LogP contribution in [0.5, 0.6) is 11.5 Å². The van der Waals surface area contributed by atoms with E-state index < -0.39 is 26.3 Å². The number of rotatable bonds is 8. The molecule has 2 N–H and O–H groups in total. The molecule has 38 heavy (non-hydrogen) atoms. The Hall–Kier alpha value is -4.35. The molecule has 4 rings (SSSR count). The first kappa shape index (κ1) is 26.7. The summed E-state index contributed by atoms with van der Waals surface area (Å²) in [6.07, 6.45) is 0. The van der Waals surface area contributed by atoms with Gasteiger partial charge in [0.15, 0.2) is 0 Å². The van der Waals surface area contributed by atoms with Gasteiger partial charge in [0.1, 0.15) is 21.3 Å². The quantitative estimate of drug-likeness (QED) is 0.277. The van der Waals surface area contributed by atoms with Crippen molar-refractivity contribution in [2.24, 2.45) is 0 Å². The molecule has 0 spiro atoms. The Balaban J connectivity index is 1.42. The molecule has 0 bridgehead atoms. The van der Waals surface area contributed by atoms with Crippen molar-refractivity contribution in [1.82, 2.24) is 0 Å². The van der Waals surface area contributed by atoms with E-state index in [9.17, 15) is 21.6 Å². The Morgan fingerprint density at radius 3 is 1.63 bits per heavy atom. The first-order valence-corrected chi connectivity index (χ1v) is 14.1. The summed E-state index contributed by atoms with van der Waals surface area (Å²) >= 11 is 0. The van der Waals surface area contributed by atoms with Gasteiger partial charge in [-0.2, -0.15) is 16.8 Å². The predicted octanol–water partition coefficient (Wildman–Crippen LogP) is 5.48. The molecule has 0 fully saturated rings. The zero-order valence-corrected chi connectivity index (χ0v) is 22.0. The molecular formula is C27H24N2O7S2.